The number of carbonyl (C=O) groups is 1. The highest BCUT2D eigenvalue weighted by atomic mass is 32.2. The van der Waals surface area contributed by atoms with E-state index in [9.17, 15) is 14.5 Å². The number of rotatable bonds is 4. The summed E-state index contributed by atoms with van der Waals surface area (Å²) in [6, 6.07) is 4.63. The molecule has 0 fully saturated rings. The number of esters is 1. The van der Waals surface area contributed by atoms with Gasteiger partial charge in [-0.25, -0.2) is 0 Å². The van der Waals surface area contributed by atoms with Crippen LogP contribution < -0.4 is 10.5 Å². The Balaban J connectivity index is 3.12. The number of carbonyl (C=O) groups excluding carboxylic acids is 1. The van der Waals surface area contributed by atoms with E-state index < -0.39 is 23.2 Å². The van der Waals surface area contributed by atoms with Crippen molar-refractivity contribution >= 4 is 17.1 Å². The molecule has 0 spiro atoms. The van der Waals surface area contributed by atoms with Gasteiger partial charge in [0, 0.05) is 19.5 Å². The molecule has 94 valence electrons. The smallest absolute Gasteiger partial charge is 0.308 e. The summed E-state index contributed by atoms with van der Waals surface area (Å²) >= 11 is -1.31. The van der Waals surface area contributed by atoms with Crippen molar-refractivity contribution in [1.29, 1.82) is 0 Å². The van der Waals surface area contributed by atoms with Gasteiger partial charge in [-0.3, -0.25) is 4.79 Å². The van der Waals surface area contributed by atoms with Crippen LogP contribution >= 0.6 is 0 Å². The molecular weight excluding hydrogens is 242 g/mol. The van der Waals surface area contributed by atoms with E-state index in [-0.39, 0.29) is 12.3 Å². The first kappa shape index (κ1) is 14.0. The highest BCUT2D eigenvalue weighted by molar-refractivity contribution is 7.90. The van der Waals surface area contributed by atoms with Crippen molar-refractivity contribution in [3.05, 3.63) is 23.8 Å². The van der Waals surface area contributed by atoms with Crippen LogP contribution in [0.5, 0.6) is 5.75 Å². The van der Waals surface area contributed by atoms with Crippen LogP contribution in [0, 0.1) is 0 Å². The summed E-state index contributed by atoms with van der Waals surface area (Å²) in [6.45, 7) is 1.34. The number of ether oxygens (including phenoxy) is 1. The average molecular weight is 257 g/mol. The summed E-state index contributed by atoms with van der Waals surface area (Å²) in [5, 5.41) is 9.58. The van der Waals surface area contributed by atoms with Gasteiger partial charge in [-0.15, -0.1) is 0 Å². The van der Waals surface area contributed by atoms with Crippen molar-refractivity contribution in [2.24, 2.45) is 5.73 Å². The molecule has 3 N–H and O–H groups in total. The number of nitrogens with two attached hydrogens (primary N) is 1. The van der Waals surface area contributed by atoms with Gasteiger partial charge >= 0.3 is 5.97 Å². The molecule has 0 radical (unpaired) electrons. The van der Waals surface area contributed by atoms with Gasteiger partial charge in [-0.1, -0.05) is 6.07 Å². The Morgan fingerprint density at radius 2 is 2.29 bits per heavy atom. The largest absolute Gasteiger partial charge is 0.612 e. The lowest BCUT2D eigenvalue weighted by molar-refractivity contribution is -0.132. The first-order chi connectivity index (χ1) is 7.95. The summed E-state index contributed by atoms with van der Waals surface area (Å²) in [7, 11) is 0. The molecule has 0 amide bonds. The second kappa shape index (κ2) is 6.02. The minimum Gasteiger partial charge on any atom is -0.612 e. The van der Waals surface area contributed by atoms with Crippen LogP contribution in [-0.4, -0.2) is 28.4 Å². The van der Waals surface area contributed by atoms with Crippen molar-refractivity contribution < 1.29 is 19.2 Å². The lowest BCUT2D eigenvalue weighted by atomic mass is 10.1. The van der Waals surface area contributed by atoms with E-state index in [2.05, 4.69) is 0 Å². The minimum absolute atomic E-state index is 0.0721. The number of aliphatic hydroxyl groups excluding tert-OH is 1. The highest BCUT2D eigenvalue weighted by Gasteiger charge is 2.18. The zero-order valence-corrected chi connectivity index (χ0v) is 10.5. The van der Waals surface area contributed by atoms with Gasteiger partial charge in [0.25, 0.3) is 0 Å². The predicted molar refractivity (Wildman–Crippen MR) is 64.1 cm³/mol. The Morgan fingerprint density at radius 3 is 2.76 bits per heavy atom. The van der Waals surface area contributed by atoms with Crippen LogP contribution in [0.3, 0.4) is 0 Å². The quantitative estimate of drug-likeness (QED) is 0.461. The van der Waals surface area contributed by atoms with Crippen molar-refractivity contribution in [2.45, 2.75) is 17.9 Å². The maximum atomic E-state index is 11.5. The minimum atomic E-state index is -1.31. The molecule has 1 aromatic rings. The molecule has 0 aliphatic heterocycles. The molecule has 0 aromatic heterocycles. The first-order valence-corrected chi connectivity index (χ1v) is 6.55. The molecule has 0 saturated carbocycles. The highest BCUT2D eigenvalue weighted by Crippen LogP contribution is 2.27. The normalized spacial score (nSPS) is 14.2. The van der Waals surface area contributed by atoms with Gasteiger partial charge in [0.05, 0.1) is 6.10 Å². The molecule has 0 aliphatic carbocycles. The molecule has 0 bridgehead atoms. The summed E-state index contributed by atoms with van der Waals surface area (Å²) < 4.78 is 16.4. The van der Waals surface area contributed by atoms with E-state index in [1.165, 1.54) is 25.3 Å². The predicted octanol–water partition coefficient (Wildman–Crippen LogP) is 0.341. The van der Waals surface area contributed by atoms with E-state index in [1.807, 2.05) is 0 Å². The maximum Gasteiger partial charge on any atom is 0.308 e. The van der Waals surface area contributed by atoms with E-state index in [0.29, 0.717) is 10.5 Å². The molecule has 6 heteroatoms. The van der Waals surface area contributed by atoms with Crippen molar-refractivity contribution in [1.82, 2.24) is 0 Å². The second-order valence-electron chi connectivity index (χ2n) is 3.51. The van der Waals surface area contributed by atoms with Crippen molar-refractivity contribution in [3.8, 4) is 5.75 Å². The van der Waals surface area contributed by atoms with Gasteiger partial charge in [0.1, 0.15) is 6.26 Å². The monoisotopic (exact) mass is 257 g/mol. The fraction of sp³-hybridized carbons (Fsp3) is 0.364. The standard InChI is InChI=1S/C11H15NO4S/c1-7(13)16-10-4-3-8(9(14)6-12)5-11(10)17(2)15/h3-5,9,14H,6,12H2,1-2H3. The Morgan fingerprint density at radius 1 is 1.65 bits per heavy atom. The Labute approximate surface area is 103 Å². The number of hydrogen-bond donors (Lipinski definition) is 2. The van der Waals surface area contributed by atoms with E-state index in [4.69, 9.17) is 10.5 Å². The third kappa shape index (κ3) is 3.71. The lowest BCUT2D eigenvalue weighted by Crippen LogP contribution is -2.13. The molecule has 1 rings (SSSR count). The fourth-order valence-corrected chi connectivity index (χ4v) is 2.03. The maximum absolute atomic E-state index is 11.5. The topological polar surface area (TPSA) is 95.6 Å². The van der Waals surface area contributed by atoms with Gasteiger partial charge in [0.15, 0.2) is 10.6 Å². The number of benzene rings is 1. The lowest BCUT2D eigenvalue weighted by Gasteiger charge is -2.13. The zero-order chi connectivity index (χ0) is 13.0. The molecule has 0 saturated heterocycles. The molecule has 2 atom stereocenters. The van der Waals surface area contributed by atoms with Crippen LogP contribution in [0.1, 0.15) is 18.6 Å². The molecule has 0 aliphatic rings. The Bertz CT molecular complexity index is 408. The Kier molecular flexibility index (Phi) is 4.95. The van der Waals surface area contributed by atoms with Crippen LogP contribution in [0.2, 0.25) is 0 Å². The van der Waals surface area contributed by atoms with Crippen LogP contribution in [0.15, 0.2) is 23.1 Å². The molecule has 1 aromatic carbocycles. The van der Waals surface area contributed by atoms with Gasteiger partial charge in [-0.05, 0) is 22.8 Å². The summed E-state index contributed by atoms with van der Waals surface area (Å²) in [6.07, 6.45) is 0.657. The van der Waals surface area contributed by atoms with Gasteiger partial charge < -0.3 is 20.1 Å². The van der Waals surface area contributed by atoms with Gasteiger partial charge in [0.2, 0.25) is 0 Å². The summed E-state index contributed by atoms with van der Waals surface area (Å²) in [4.78, 5) is 11.2. The Hall–Kier alpha value is -1.08. The third-order valence-electron chi connectivity index (χ3n) is 2.14. The van der Waals surface area contributed by atoms with Crippen LogP contribution in [-0.2, 0) is 16.0 Å². The number of hydrogen-bond acceptors (Lipinski definition) is 5. The van der Waals surface area contributed by atoms with Crippen molar-refractivity contribution in [2.75, 3.05) is 12.8 Å². The van der Waals surface area contributed by atoms with Crippen LogP contribution in [0.4, 0.5) is 0 Å². The first-order valence-electron chi connectivity index (χ1n) is 4.99. The fourth-order valence-electron chi connectivity index (χ4n) is 1.33. The third-order valence-corrected chi connectivity index (χ3v) is 3.08. The SMILES string of the molecule is CC(=O)Oc1ccc(C(O)CN)cc1[S+](C)[O-]. The summed E-state index contributed by atoms with van der Waals surface area (Å²) in [5.41, 5.74) is 5.89. The van der Waals surface area contributed by atoms with E-state index in [1.54, 1.807) is 6.07 Å². The molecule has 0 heterocycles. The van der Waals surface area contributed by atoms with E-state index >= 15 is 0 Å². The van der Waals surface area contributed by atoms with Gasteiger partial charge in [-0.2, -0.15) is 0 Å². The molecule has 2 unspecified atom stereocenters. The van der Waals surface area contributed by atoms with E-state index in [0.717, 1.165) is 0 Å². The zero-order valence-electron chi connectivity index (χ0n) is 9.67. The number of aliphatic hydroxyl groups is 1. The molecule has 5 nitrogen and oxygen atoms in total. The average Bonchev–Trinajstić information content (AvgIpc) is 2.27. The molecular formula is C11H15NO4S. The molecule has 17 heavy (non-hydrogen) atoms. The van der Waals surface area contributed by atoms with Crippen LogP contribution in [0.25, 0.3) is 0 Å². The summed E-state index contributed by atoms with van der Waals surface area (Å²) in [5.74, 6) is -0.241. The van der Waals surface area contributed by atoms with Crippen molar-refractivity contribution in [3.63, 3.8) is 0 Å². The second-order valence-corrected chi connectivity index (χ2v) is 4.85.